The van der Waals surface area contributed by atoms with Gasteiger partial charge in [0.25, 0.3) is 6.47 Å². The minimum Gasteiger partial charge on any atom is -1.00 e. The number of rotatable bonds is 13. The average Bonchev–Trinajstić information content (AvgIpc) is 3.63. The van der Waals surface area contributed by atoms with E-state index in [1.165, 1.54) is 60.0 Å². The number of esters is 1. The van der Waals surface area contributed by atoms with Crippen molar-refractivity contribution < 1.29 is 36.0 Å². The molecule has 0 spiro atoms. The summed E-state index contributed by atoms with van der Waals surface area (Å²) in [5.74, 6) is 2.80. The Morgan fingerprint density at radius 3 is 1.88 bits per heavy atom. The standard InChI is InChI=1S/C54H72O4P.BrH/c1-39(2)43-28-33-54(35-34-52(6)44(49(43)54)26-27-46-51(5)31-30-47(58-38-55)50(3,4)45(51)29-32-53(46,52)7)37-57-48(56)25-17-18-36-59(40-19-11-8-12-20-40,41-21-13-9-14-22-41)42-23-15-10-16-24-42;/h8-16,19-24,38,43-47,49H,1,17-18,25-37H2,2-7H3;1H/q+1;/p-1/t43-,44+,45-,46+,47-,49+,51-,52+,53+,54+;/m0./s1. The van der Waals surface area contributed by atoms with Gasteiger partial charge in [-0.1, -0.05) is 101 Å². The highest BCUT2D eigenvalue weighted by molar-refractivity contribution is 7.95. The molecular weight excluding hydrogens is 823 g/mol. The SMILES string of the molecule is C=C(C)[C@@H]1CC[C@]2(COC(=O)CCCC[P+](c3ccccc3)(c3ccccc3)c3ccccc3)CC[C@]3(C)[C@H](CC[C@@H]4[C@@]5(C)CC[C@H](OC=O)C(C)(C)[C@@H]5CC[C@]43C)[C@@H]12.[Br-]. The molecule has 0 amide bonds. The minimum absolute atomic E-state index is 0. The third-order valence-corrected chi connectivity index (χ3v) is 23.2. The van der Waals surface area contributed by atoms with E-state index in [0.717, 1.165) is 44.7 Å². The molecule has 5 fully saturated rings. The topological polar surface area (TPSA) is 52.6 Å². The van der Waals surface area contributed by atoms with Crippen LogP contribution >= 0.6 is 7.26 Å². The third kappa shape index (κ3) is 7.30. The van der Waals surface area contributed by atoms with Crippen LogP contribution in [0, 0.1) is 56.7 Å². The molecule has 5 aliphatic carbocycles. The van der Waals surface area contributed by atoms with Gasteiger partial charge in [-0.05, 0) is 166 Å². The summed E-state index contributed by atoms with van der Waals surface area (Å²) in [6, 6.07) is 33.2. The number of allylic oxidation sites excluding steroid dienone is 1. The van der Waals surface area contributed by atoms with Crippen LogP contribution in [-0.4, -0.2) is 31.3 Å². The first-order valence-electron chi connectivity index (χ1n) is 23.2. The van der Waals surface area contributed by atoms with Crippen molar-refractivity contribution in [2.45, 2.75) is 131 Å². The van der Waals surface area contributed by atoms with Crippen LogP contribution in [-0.2, 0) is 19.1 Å². The molecule has 4 nitrogen and oxygen atoms in total. The molecule has 60 heavy (non-hydrogen) atoms. The Morgan fingerprint density at radius 1 is 0.717 bits per heavy atom. The number of carbonyl (C=O) groups excluding carboxylic acids is 2. The van der Waals surface area contributed by atoms with Crippen LogP contribution in [0.25, 0.3) is 0 Å². The molecule has 5 aliphatic rings. The van der Waals surface area contributed by atoms with Crippen molar-refractivity contribution >= 4 is 35.6 Å². The lowest BCUT2D eigenvalue weighted by Gasteiger charge is -2.73. The molecule has 3 aromatic rings. The van der Waals surface area contributed by atoms with Gasteiger partial charge in [0.15, 0.2) is 0 Å². The Hall–Kier alpha value is -2.75. The van der Waals surface area contributed by atoms with Crippen LogP contribution in [0.15, 0.2) is 103 Å². The Balaban J connectivity index is 0.00000544. The Kier molecular flexibility index (Phi) is 13.2. The average molecular weight is 896 g/mol. The number of carbonyl (C=O) groups is 2. The van der Waals surface area contributed by atoms with Crippen molar-refractivity contribution in [2.24, 2.45) is 56.7 Å². The zero-order valence-corrected chi connectivity index (χ0v) is 40.0. The molecule has 5 saturated carbocycles. The van der Waals surface area contributed by atoms with Gasteiger partial charge in [0.05, 0.1) is 12.8 Å². The number of unbranched alkanes of at least 4 members (excludes halogenated alkanes) is 1. The van der Waals surface area contributed by atoms with E-state index in [1.54, 1.807) is 0 Å². The minimum atomic E-state index is -1.92. The van der Waals surface area contributed by atoms with Crippen molar-refractivity contribution in [1.29, 1.82) is 0 Å². The van der Waals surface area contributed by atoms with Crippen LogP contribution in [0.4, 0.5) is 0 Å². The fourth-order valence-corrected chi connectivity index (χ4v) is 20.0. The molecule has 0 saturated heterocycles. The summed E-state index contributed by atoms with van der Waals surface area (Å²) in [5.41, 5.74) is 2.06. The predicted molar refractivity (Wildman–Crippen MR) is 245 cm³/mol. The Labute approximate surface area is 373 Å². The summed E-state index contributed by atoms with van der Waals surface area (Å²) in [6.07, 6.45) is 15.1. The molecule has 6 heteroatoms. The van der Waals surface area contributed by atoms with Gasteiger partial charge < -0.3 is 26.5 Å². The predicted octanol–water partition coefficient (Wildman–Crippen LogP) is 8.90. The molecule has 0 heterocycles. The highest BCUT2D eigenvalue weighted by Crippen LogP contribution is 2.77. The van der Waals surface area contributed by atoms with E-state index in [-0.39, 0.29) is 56.1 Å². The lowest BCUT2D eigenvalue weighted by atomic mass is 9.32. The van der Waals surface area contributed by atoms with Gasteiger partial charge in [0.2, 0.25) is 0 Å². The smallest absolute Gasteiger partial charge is 0.305 e. The van der Waals surface area contributed by atoms with E-state index in [0.29, 0.717) is 49.1 Å². The van der Waals surface area contributed by atoms with Crippen LogP contribution in [0.3, 0.4) is 0 Å². The number of hydrogen-bond acceptors (Lipinski definition) is 4. The van der Waals surface area contributed by atoms with Gasteiger partial charge in [-0.15, -0.1) is 0 Å². The highest BCUT2D eigenvalue weighted by atomic mass is 79.9. The Bertz CT molecular complexity index is 1870. The number of halogens is 1. The second-order valence-corrected chi connectivity index (χ2v) is 24.9. The normalized spacial score (nSPS) is 35.3. The molecule has 10 atom stereocenters. The van der Waals surface area contributed by atoms with Crippen molar-refractivity contribution in [3.63, 3.8) is 0 Å². The quantitative estimate of drug-likeness (QED) is 0.0566. The van der Waals surface area contributed by atoms with E-state index in [9.17, 15) is 9.59 Å². The lowest BCUT2D eigenvalue weighted by molar-refractivity contribution is -0.251. The third-order valence-electron chi connectivity index (χ3n) is 18.6. The van der Waals surface area contributed by atoms with E-state index < -0.39 is 7.26 Å². The molecule has 0 aromatic heterocycles. The first-order chi connectivity index (χ1) is 28.3. The first-order valence-corrected chi connectivity index (χ1v) is 25.2. The summed E-state index contributed by atoms with van der Waals surface area (Å²) in [4.78, 5) is 25.4. The summed E-state index contributed by atoms with van der Waals surface area (Å²) < 4.78 is 12.2. The molecular formula is C54H72BrO4P. The largest absolute Gasteiger partial charge is 1.00 e. The zero-order chi connectivity index (χ0) is 41.7. The van der Waals surface area contributed by atoms with E-state index in [1.807, 2.05) is 0 Å². The number of ether oxygens (including phenoxy) is 2. The number of fused-ring (bicyclic) bond motifs is 7. The second kappa shape index (κ2) is 17.4. The van der Waals surface area contributed by atoms with Gasteiger partial charge >= 0.3 is 5.97 Å². The van der Waals surface area contributed by atoms with E-state index in [4.69, 9.17) is 9.47 Å². The summed E-state index contributed by atoms with van der Waals surface area (Å²) in [6.45, 7) is 20.9. The number of hydrogen-bond donors (Lipinski definition) is 0. The van der Waals surface area contributed by atoms with Gasteiger partial charge in [-0.25, -0.2) is 0 Å². The Morgan fingerprint density at radius 2 is 1.32 bits per heavy atom. The van der Waals surface area contributed by atoms with Crippen molar-refractivity contribution in [1.82, 2.24) is 0 Å². The van der Waals surface area contributed by atoms with Crippen LogP contribution in [0.2, 0.25) is 0 Å². The molecule has 8 rings (SSSR count). The lowest BCUT2D eigenvalue weighted by Crippen LogP contribution is -3.00. The summed E-state index contributed by atoms with van der Waals surface area (Å²) in [5, 5.41) is 4.19. The molecule has 0 radical (unpaired) electrons. The molecule has 0 N–H and O–H groups in total. The fourth-order valence-electron chi connectivity index (χ4n) is 15.6. The molecule has 0 unspecified atom stereocenters. The maximum atomic E-state index is 13.8. The van der Waals surface area contributed by atoms with Gasteiger partial charge in [0, 0.05) is 17.3 Å². The van der Waals surface area contributed by atoms with Crippen molar-refractivity contribution in [2.75, 3.05) is 12.8 Å². The zero-order valence-electron chi connectivity index (χ0n) is 37.5. The highest BCUT2D eigenvalue weighted by Gasteiger charge is 2.71. The molecule has 0 aliphatic heterocycles. The first kappa shape index (κ1) is 45.3. The summed E-state index contributed by atoms with van der Waals surface area (Å²) in [7, 11) is -1.92. The van der Waals surface area contributed by atoms with Crippen LogP contribution in [0.1, 0.15) is 125 Å². The monoisotopic (exact) mass is 894 g/mol. The van der Waals surface area contributed by atoms with Gasteiger partial charge in [-0.2, -0.15) is 0 Å². The maximum absolute atomic E-state index is 13.8. The molecule has 0 bridgehead atoms. The van der Waals surface area contributed by atoms with Crippen LogP contribution < -0.4 is 32.9 Å². The van der Waals surface area contributed by atoms with Gasteiger partial charge in [0.1, 0.15) is 29.3 Å². The van der Waals surface area contributed by atoms with Crippen molar-refractivity contribution in [3.05, 3.63) is 103 Å². The van der Waals surface area contributed by atoms with E-state index >= 15 is 0 Å². The summed E-state index contributed by atoms with van der Waals surface area (Å²) >= 11 is 0. The fraction of sp³-hybridized carbons (Fsp3) is 0.593. The molecule has 3 aromatic carbocycles. The van der Waals surface area contributed by atoms with E-state index in [2.05, 4.69) is 139 Å². The maximum Gasteiger partial charge on any atom is 0.305 e. The van der Waals surface area contributed by atoms with Crippen molar-refractivity contribution in [3.8, 4) is 0 Å². The molecule has 324 valence electrons. The number of benzene rings is 3. The van der Waals surface area contributed by atoms with Crippen LogP contribution in [0.5, 0.6) is 0 Å². The second-order valence-electron chi connectivity index (χ2n) is 21.3. The van der Waals surface area contributed by atoms with Gasteiger partial charge in [-0.3, -0.25) is 9.59 Å².